The Morgan fingerprint density at radius 2 is 1.70 bits per heavy atom. The van der Waals surface area contributed by atoms with Crippen LogP contribution in [0.5, 0.6) is 5.75 Å². The quantitative estimate of drug-likeness (QED) is 0.627. The van der Waals surface area contributed by atoms with Gasteiger partial charge in [-0.05, 0) is 36.4 Å². The number of hydrogen-bond acceptors (Lipinski definition) is 4. The van der Waals surface area contributed by atoms with Crippen LogP contribution in [0.4, 0.5) is 0 Å². The SMILES string of the molecule is COc1ccc(-c2[nH]ncc2-c2cnc3ccccc3n2)cc1. The van der Waals surface area contributed by atoms with Crippen LogP contribution < -0.4 is 4.74 Å². The topological polar surface area (TPSA) is 63.7 Å². The van der Waals surface area contributed by atoms with E-state index in [4.69, 9.17) is 9.72 Å². The van der Waals surface area contributed by atoms with Crippen LogP contribution in [0.2, 0.25) is 0 Å². The molecule has 0 fully saturated rings. The summed E-state index contributed by atoms with van der Waals surface area (Å²) >= 11 is 0. The summed E-state index contributed by atoms with van der Waals surface area (Å²) in [5, 5.41) is 7.22. The molecule has 0 aliphatic rings. The number of nitrogens with zero attached hydrogens (tertiary/aromatic N) is 3. The Bertz CT molecular complexity index is 960. The molecule has 2 aromatic carbocycles. The lowest BCUT2D eigenvalue weighted by Gasteiger charge is -2.05. The lowest BCUT2D eigenvalue weighted by atomic mass is 10.1. The van der Waals surface area contributed by atoms with Crippen molar-refractivity contribution >= 4 is 11.0 Å². The van der Waals surface area contributed by atoms with Crippen LogP contribution in [0.1, 0.15) is 0 Å². The maximum Gasteiger partial charge on any atom is 0.118 e. The van der Waals surface area contributed by atoms with Crippen molar-refractivity contribution in [2.75, 3.05) is 7.11 Å². The standard InChI is InChI=1S/C18H14N4O/c1-23-13-8-6-12(7-9-13)18-14(10-20-22-18)17-11-19-15-4-2-3-5-16(15)21-17/h2-11H,1H3,(H,20,22). The second-order valence-electron chi connectivity index (χ2n) is 5.13. The van der Waals surface area contributed by atoms with Crippen molar-refractivity contribution in [1.29, 1.82) is 0 Å². The van der Waals surface area contributed by atoms with Crippen molar-refractivity contribution in [1.82, 2.24) is 20.2 Å². The third-order valence-electron chi connectivity index (χ3n) is 3.74. The average molecular weight is 302 g/mol. The van der Waals surface area contributed by atoms with E-state index in [0.29, 0.717) is 0 Å². The second kappa shape index (κ2) is 5.53. The van der Waals surface area contributed by atoms with Gasteiger partial charge in [0.2, 0.25) is 0 Å². The lowest BCUT2D eigenvalue weighted by Crippen LogP contribution is -1.90. The summed E-state index contributed by atoms with van der Waals surface area (Å²) in [6.07, 6.45) is 3.55. The summed E-state index contributed by atoms with van der Waals surface area (Å²) in [6.45, 7) is 0. The Labute approximate surface area is 133 Å². The predicted octanol–water partition coefficient (Wildman–Crippen LogP) is 3.70. The first-order valence-electron chi connectivity index (χ1n) is 7.25. The smallest absolute Gasteiger partial charge is 0.118 e. The Balaban J connectivity index is 1.81. The van der Waals surface area contributed by atoms with Gasteiger partial charge in [0.15, 0.2) is 0 Å². The van der Waals surface area contributed by atoms with Crippen LogP contribution in [0.25, 0.3) is 33.5 Å². The fourth-order valence-electron chi connectivity index (χ4n) is 2.55. The highest BCUT2D eigenvalue weighted by molar-refractivity contribution is 5.82. The number of hydrogen-bond donors (Lipinski definition) is 1. The first kappa shape index (κ1) is 13.5. The van der Waals surface area contributed by atoms with Gasteiger partial charge in [-0.25, -0.2) is 4.98 Å². The second-order valence-corrected chi connectivity index (χ2v) is 5.13. The van der Waals surface area contributed by atoms with Crippen molar-refractivity contribution in [2.24, 2.45) is 0 Å². The van der Waals surface area contributed by atoms with Crippen LogP contribution >= 0.6 is 0 Å². The lowest BCUT2D eigenvalue weighted by molar-refractivity contribution is 0.415. The molecule has 0 atom stereocenters. The fraction of sp³-hybridized carbons (Fsp3) is 0.0556. The highest BCUT2D eigenvalue weighted by Crippen LogP contribution is 2.30. The van der Waals surface area contributed by atoms with Gasteiger partial charge in [0.25, 0.3) is 0 Å². The first-order valence-corrected chi connectivity index (χ1v) is 7.25. The molecule has 4 aromatic rings. The zero-order valence-corrected chi connectivity index (χ0v) is 12.5. The molecule has 2 heterocycles. The van der Waals surface area contributed by atoms with Crippen molar-refractivity contribution in [3.63, 3.8) is 0 Å². The van der Waals surface area contributed by atoms with Crippen LogP contribution in [0.3, 0.4) is 0 Å². The number of nitrogens with one attached hydrogen (secondary N) is 1. The normalized spacial score (nSPS) is 10.8. The molecule has 23 heavy (non-hydrogen) atoms. The van der Waals surface area contributed by atoms with Crippen molar-refractivity contribution in [3.8, 4) is 28.3 Å². The zero-order valence-electron chi connectivity index (χ0n) is 12.5. The van der Waals surface area contributed by atoms with Gasteiger partial charge < -0.3 is 4.74 Å². The minimum Gasteiger partial charge on any atom is -0.497 e. The van der Waals surface area contributed by atoms with E-state index in [1.807, 2.05) is 48.5 Å². The fourth-order valence-corrected chi connectivity index (χ4v) is 2.55. The van der Waals surface area contributed by atoms with Gasteiger partial charge >= 0.3 is 0 Å². The highest BCUT2D eigenvalue weighted by atomic mass is 16.5. The summed E-state index contributed by atoms with van der Waals surface area (Å²) in [5.74, 6) is 0.820. The van der Waals surface area contributed by atoms with E-state index < -0.39 is 0 Å². The molecule has 4 rings (SSSR count). The van der Waals surface area contributed by atoms with Gasteiger partial charge in [0.1, 0.15) is 5.75 Å². The molecule has 1 N–H and O–H groups in total. The van der Waals surface area contributed by atoms with E-state index in [-0.39, 0.29) is 0 Å². The Morgan fingerprint density at radius 1 is 0.913 bits per heavy atom. The number of fused-ring (bicyclic) bond motifs is 1. The maximum atomic E-state index is 5.20. The molecule has 0 saturated carbocycles. The van der Waals surface area contributed by atoms with E-state index >= 15 is 0 Å². The molecule has 2 aromatic heterocycles. The molecule has 0 radical (unpaired) electrons. The number of H-pyrrole nitrogens is 1. The largest absolute Gasteiger partial charge is 0.497 e. The number of methoxy groups -OCH3 is 1. The van der Waals surface area contributed by atoms with Gasteiger partial charge in [0.05, 0.1) is 41.9 Å². The van der Waals surface area contributed by atoms with E-state index in [1.165, 1.54) is 0 Å². The number of aromatic amines is 1. The molecular formula is C18H14N4O. The molecule has 0 bridgehead atoms. The molecule has 112 valence electrons. The molecule has 0 saturated heterocycles. The zero-order chi connectivity index (χ0) is 15.6. The van der Waals surface area contributed by atoms with Crippen molar-refractivity contribution in [3.05, 3.63) is 60.9 Å². The first-order chi connectivity index (χ1) is 11.3. The molecule has 0 aliphatic heterocycles. The monoisotopic (exact) mass is 302 g/mol. The number of benzene rings is 2. The van der Waals surface area contributed by atoms with Gasteiger partial charge in [-0.1, -0.05) is 12.1 Å². The summed E-state index contributed by atoms with van der Waals surface area (Å²) in [5.41, 5.74) is 5.40. The van der Waals surface area contributed by atoms with Gasteiger partial charge in [-0.3, -0.25) is 10.1 Å². The van der Waals surface area contributed by atoms with E-state index in [2.05, 4.69) is 15.2 Å². The molecular weight excluding hydrogens is 288 g/mol. The molecule has 0 spiro atoms. The van der Waals surface area contributed by atoms with Gasteiger partial charge in [-0.2, -0.15) is 5.10 Å². The van der Waals surface area contributed by atoms with Crippen molar-refractivity contribution in [2.45, 2.75) is 0 Å². The number of rotatable bonds is 3. The van der Waals surface area contributed by atoms with E-state index in [0.717, 1.165) is 39.3 Å². The molecule has 5 heteroatoms. The average Bonchev–Trinajstić information content (AvgIpc) is 3.11. The Kier molecular flexibility index (Phi) is 3.24. The summed E-state index contributed by atoms with van der Waals surface area (Å²) in [6, 6.07) is 15.6. The summed E-state index contributed by atoms with van der Waals surface area (Å²) in [4.78, 5) is 9.17. The molecule has 5 nitrogen and oxygen atoms in total. The third kappa shape index (κ3) is 2.42. The van der Waals surface area contributed by atoms with E-state index in [9.17, 15) is 0 Å². The molecule has 0 amide bonds. The minimum absolute atomic E-state index is 0.795. The number of para-hydroxylation sites is 2. The highest BCUT2D eigenvalue weighted by Gasteiger charge is 2.12. The van der Waals surface area contributed by atoms with Crippen LogP contribution in [0.15, 0.2) is 60.9 Å². The van der Waals surface area contributed by atoms with Crippen LogP contribution in [-0.2, 0) is 0 Å². The predicted molar refractivity (Wildman–Crippen MR) is 89.1 cm³/mol. The molecule has 0 unspecified atom stereocenters. The molecule has 0 aliphatic carbocycles. The van der Waals surface area contributed by atoms with Crippen molar-refractivity contribution < 1.29 is 4.74 Å². The number of aromatic nitrogens is 4. The third-order valence-corrected chi connectivity index (χ3v) is 3.74. The van der Waals surface area contributed by atoms with Crippen LogP contribution in [-0.4, -0.2) is 27.3 Å². The summed E-state index contributed by atoms with van der Waals surface area (Å²) in [7, 11) is 1.65. The van der Waals surface area contributed by atoms with Gasteiger partial charge in [-0.15, -0.1) is 0 Å². The maximum absolute atomic E-state index is 5.20. The van der Waals surface area contributed by atoms with Gasteiger partial charge in [0, 0.05) is 11.1 Å². The number of ether oxygens (including phenoxy) is 1. The minimum atomic E-state index is 0.795. The van der Waals surface area contributed by atoms with Crippen LogP contribution in [0, 0.1) is 0 Å². The summed E-state index contributed by atoms with van der Waals surface area (Å²) < 4.78 is 5.20. The van der Waals surface area contributed by atoms with E-state index in [1.54, 1.807) is 19.5 Å². The Morgan fingerprint density at radius 3 is 2.48 bits per heavy atom. The Hall–Kier alpha value is -3.21.